The van der Waals surface area contributed by atoms with Gasteiger partial charge in [0.1, 0.15) is 11.3 Å². The van der Waals surface area contributed by atoms with Crippen molar-refractivity contribution in [2.24, 2.45) is 5.73 Å². The molecule has 1 saturated heterocycles. The summed E-state index contributed by atoms with van der Waals surface area (Å²) in [7, 11) is -1.04. The average molecular weight is 560 g/mol. The Bertz CT molecular complexity index is 1730. The highest BCUT2D eigenvalue weighted by molar-refractivity contribution is 6.77. The third-order valence-electron chi connectivity index (χ3n) is 9.15. The molecule has 8 heteroatoms. The Labute approximate surface area is 242 Å². The number of rotatable bonds is 5. The quantitative estimate of drug-likeness (QED) is 0.236. The van der Waals surface area contributed by atoms with Gasteiger partial charge in [-0.15, -0.1) is 0 Å². The van der Waals surface area contributed by atoms with Crippen molar-refractivity contribution in [3.05, 3.63) is 84.6 Å². The van der Waals surface area contributed by atoms with Gasteiger partial charge < -0.3 is 16.4 Å². The van der Waals surface area contributed by atoms with Crippen LogP contribution in [-0.2, 0) is 5.54 Å². The van der Waals surface area contributed by atoms with Crippen LogP contribution in [0.25, 0.3) is 39.5 Å². The highest BCUT2D eigenvalue weighted by Gasteiger charge is 2.34. The molecule has 7 rings (SSSR count). The highest BCUT2D eigenvalue weighted by atomic mass is 28.3. The van der Waals surface area contributed by atoms with Gasteiger partial charge in [0.05, 0.1) is 19.3 Å². The number of nitrogens with two attached hydrogens (primary N) is 2. The summed E-state index contributed by atoms with van der Waals surface area (Å²) in [6.07, 6.45) is 4.94. The first kappa shape index (κ1) is 25.9. The lowest BCUT2D eigenvalue weighted by atomic mass is 9.73. The fourth-order valence-electron chi connectivity index (χ4n) is 6.17. The number of nitrogens with zero attached hydrogens (tertiary/aromatic N) is 5. The molecule has 1 saturated carbocycles. The maximum absolute atomic E-state index is 6.63. The molecule has 0 unspecified atom stereocenters. The smallest absolute Gasteiger partial charge is 0.165 e. The molecule has 5 aromatic rings. The third-order valence-corrected chi connectivity index (χ3v) is 12.3. The predicted octanol–water partition coefficient (Wildman–Crippen LogP) is 6.60. The fourth-order valence-corrected chi connectivity index (χ4v) is 8.17. The van der Waals surface area contributed by atoms with E-state index >= 15 is 0 Å². The molecule has 0 amide bonds. The van der Waals surface area contributed by atoms with E-state index < -0.39 is 8.07 Å². The molecule has 2 aromatic carbocycles. The summed E-state index contributed by atoms with van der Waals surface area (Å²) in [6.45, 7) is 7.28. The summed E-state index contributed by atoms with van der Waals surface area (Å²) >= 11 is 0. The van der Waals surface area contributed by atoms with Crippen molar-refractivity contribution < 1.29 is 0 Å². The maximum atomic E-state index is 6.63. The molecule has 2 aliphatic rings. The number of anilines is 2. The number of benzene rings is 2. The van der Waals surface area contributed by atoms with Crippen LogP contribution in [-0.4, -0.2) is 40.7 Å². The Hall–Kier alpha value is -4.01. The zero-order chi connectivity index (χ0) is 28.2. The topological polar surface area (TPSA) is 98.9 Å². The van der Waals surface area contributed by atoms with E-state index in [1.54, 1.807) is 6.20 Å². The SMILES string of the molecule is C[Si]1(C)CCN(c2cccc(-c3ccc4nc(-c5cccnc5N)n(-c5ccc(C6(N)CCC6)cc5)c4n3)c2)CC1. The predicted molar refractivity (Wildman–Crippen MR) is 171 cm³/mol. The van der Waals surface area contributed by atoms with Crippen LogP contribution in [0, 0.1) is 0 Å². The summed E-state index contributed by atoms with van der Waals surface area (Å²) in [6, 6.07) is 28.0. The van der Waals surface area contributed by atoms with E-state index in [2.05, 4.69) is 88.2 Å². The number of fused-ring (bicyclic) bond motifs is 1. The van der Waals surface area contributed by atoms with Gasteiger partial charge in [0.25, 0.3) is 0 Å². The van der Waals surface area contributed by atoms with Crippen molar-refractivity contribution in [1.29, 1.82) is 0 Å². The Balaban J connectivity index is 1.33. The van der Waals surface area contributed by atoms with Crippen LogP contribution < -0.4 is 16.4 Å². The highest BCUT2D eigenvalue weighted by Crippen LogP contribution is 2.39. The zero-order valence-corrected chi connectivity index (χ0v) is 24.8. The standard InChI is InChI=1S/C33H37N7Si/c1-41(2)20-18-39(19-21-41)26-7-3-6-23(22-26)28-13-14-29-32(37-28)40(31(38-29)27-8-4-17-36-30(27)34)25-11-9-24(10-12-25)33(35)15-5-16-33/h3-4,6-14,17,22H,5,15-16,18-21,35H2,1-2H3,(H2,34,36). The lowest BCUT2D eigenvalue weighted by Crippen LogP contribution is -2.43. The average Bonchev–Trinajstić information content (AvgIpc) is 3.35. The van der Waals surface area contributed by atoms with Crippen LogP contribution in [0.15, 0.2) is 79.0 Å². The van der Waals surface area contributed by atoms with E-state index in [1.807, 2.05) is 12.1 Å². The Morgan fingerprint density at radius 2 is 1.63 bits per heavy atom. The first-order valence-electron chi connectivity index (χ1n) is 14.7. The summed E-state index contributed by atoms with van der Waals surface area (Å²) in [5.74, 6) is 1.17. The number of hydrogen-bond donors (Lipinski definition) is 2. The van der Waals surface area contributed by atoms with E-state index in [9.17, 15) is 0 Å². The van der Waals surface area contributed by atoms with Crippen molar-refractivity contribution in [3.8, 4) is 28.3 Å². The molecule has 4 N–H and O–H groups in total. The van der Waals surface area contributed by atoms with E-state index in [1.165, 1.54) is 29.8 Å². The minimum Gasteiger partial charge on any atom is -0.383 e. The molecule has 208 valence electrons. The number of hydrogen-bond acceptors (Lipinski definition) is 6. The molecule has 7 nitrogen and oxygen atoms in total. The number of nitrogen functional groups attached to an aromatic ring is 1. The first-order chi connectivity index (χ1) is 19.8. The Kier molecular flexibility index (Phi) is 6.21. The van der Waals surface area contributed by atoms with Crippen molar-refractivity contribution in [2.45, 2.75) is 50.0 Å². The number of aromatic nitrogens is 4. The summed E-state index contributed by atoms with van der Waals surface area (Å²) < 4.78 is 2.10. The molecular weight excluding hydrogens is 522 g/mol. The van der Waals surface area contributed by atoms with Crippen molar-refractivity contribution >= 4 is 30.7 Å². The summed E-state index contributed by atoms with van der Waals surface area (Å²) in [4.78, 5) is 17.1. The van der Waals surface area contributed by atoms with Crippen LogP contribution in [0.5, 0.6) is 0 Å². The molecule has 0 radical (unpaired) electrons. The first-order valence-corrected chi connectivity index (χ1v) is 18.1. The molecule has 0 bridgehead atoms. The van der Waals surface area contributed by atoms with Crippen LogP contribution >= 0.6 is 0 Å². The van der Waals surface area contributed by atoms with Crippen molar-refractivity contribution in [1.82, 2.24) is 19.5 Å². The van der Waals surface area contributed by atoms with Crippen molar-refractivity contribution in [3.63, 3.8) is 0 Å². The molecule has 4 heterocycles. The fraction of sp³-hybridized carbons (Fsp3) is 0.303. The second-order valence-electron chi connectivity index (χ2n) is 12.5. The van der Waals surface area contributed by atoms with Gasteiger partial charge in [-0.1, -0.05) is 37.4 Å². The minimum atomic E-state index is -1.04. The van der Waals surface area contributed by atoms with Crippen LogP contribution in [0.1, 0.15) is 24.8 Å². The van der Waals surface area contributed by atoms with E-state index in [0.717, 1.165) is 65.4 Å². The molecule has 1 aliphatic carbocycles. The van der Waals surface area contributed by atoms with Gasteiger partial charge in [0.15, 0.2) is 11.5 Å². The number of pyridine rings is 2. The second-order valence-corrected chi connectivity index (χ2v) is 17.8. The lowest BCUT2D eigenvalue weighted by molar-refractivity contribution is 0.253. The van der Waals surface area contributed by atoms with Gasteiger partial charge >= 0.3 is 0 Å². The Morgan fingerprint density at radius 1 is 0.854 bits per heavy atom. The maximum Gasteiger partial charge on any atom is 0.165 e. The van der Waals surface area contributed by atoms with Gasteiger partial charge in [-0.05, 0) is 85.4 Å². The number of imidazole rings is 1. The molecule has 41 heavy (non-hydrogen) atoms. The molecule has 0 atom stereocenters. The normalized spacial score (nSPS) is 17.9. The molecule has 2 fully saturated rings. The third kappa shape index (κ3) is 4.71. The largest absolute Gasteiger partial charge is 0.383 e. The minimum absolute atomic E-state index is 0.213. The van der Waals surface area contributed by atoms with Gasteiger partial charge in [0.2, 0.25) is 0 Å². The van der Waals surface area contributed by atoms with Gasteiger partial charge in [-0.25, -0.2) is 15.0 Å². The van der Waals surface area contributed by atoms with Crippen LogP contribution in [0.3, 0.4) is 0 Å². The zero-order valence-electron chi connectivity index (χ0n) is 23.8. The van der Waals surface area contributed by atoms with E-state index in [-0.39, 0.29) is 5.54 Å². The monoisotopic (exact) mass is 559 g/mol. The summed E-state index contributed by atoms with van der Waals surface area (Å²) in [5.41, 5.74) is 20.6. The van der Waals surface area contributed by atoms with E-state index in [0.29, 0.717) is 5.82 Å². The molecular formula is C33H37N7Si. The van der Waals surface area contributed by atoms with Crippen LogP contribution in [0.2, 0.25) is 25.2 Å². The molecule has 1 aliphatic heterocycles. The second kappa shape index (κ2) is 9.82. The van der Waals surface area contributed by atoms with Crippen molar-refractivity contribution in [2.75, 3.05) is 23.7 Å². The van der Waals surface area contributed by atoms with Crippen LogP contribution in [0.4, 0.5) is 11.5 Å². The molecule has 3 aromatic heterocycles. The lowest BCUT2D eigenvalue weighted by Gasteiger charge is -2.38. The Morgan fingerprint density at radius 3 is 2.34 bits per heavy atom. The van der Waals surface area contributed by atoms with Gasteiger partial charge in [-0.3, -0.25) is 4.57 Å². The van der Waals surface area contributed by atoms with Gasteiger partial charge in [0, 0.05) is 41.8 Å². The summed E-state index contributed by atoms with van der Waals surface area (Å²) in [5, 5.41) is 0. The van der Waals surface area contributed by atoms with E-state index in [4.69, 9.17) is 21.4 Å². The van der Waals surface area contributed by atoms with Gasteiger partial charge in [-0.2, -0.15) is 0 Å². The molecule has 0 spiro atoms.